The monoisotopic (exact) mass is 1580 g/mol. The Morgan fingerprint density at radius 3 is 1.42 bits per heavy atom. The SMILES string of the molecule is C=C[C@](C)(CC/C=C(\CO)CC/C=C(\C)C[C@@H](O)/C=C(\C)C(=O)O[C@@H]1[C@@H](O)[C@H](C)O[C@@H](O[C@H]2[C@H](O)[C@@H](O)[C@H](OC/C(C)=C\CC/C(C)=C/CC/C(C)=C/CC[C@@](C)(C=C)O[C@@H]3O[C@H](CO)[C@@H](O)[C@H](O)[C@H]3O[C@@H]3O[C@H](CO)[C@@H](O)[C@H](O)[C@H]3O)O[C@@H]2CO[C@@H]2O[C@@H](C)[C@H](O)[C@@H](O)[C@H]2O)[C@@H]1O)O[C@@H]1O[C@H](CO)[C@@H](O)[C@H](O)[C@H]1O. The molecule has 0 saturated carbocycles. The summed E-state index contributed by atoms with van der Waals surface area (Å²) >= 11 is 0. The molecular weight excluding hydrogens is 1460 g/mol. The highest BCUT2D eigenvalue weighted by Gasteiger charge is 2.55. The fourth-order valence-corrected chi connectivity index (χ4v) is 13.4. The van der Waals surface area contributed by atoms with Gasteiger partial charge in [0.1, 0.15) is 128 Å². The van der Waals surface area contributed by atoms with E-state index in [0.29, 0.717) is 69.8 Å². The molecule has 0 radical (unpaired) electrons. The van der Waals surface area contributed by atoms with E-state index in [9.17, 15) is 107 Å². The van der Waals surface area contributed by atoms with E-state index in [1.807, 2.05) is 38.2 Å². The van der Waals surface area contributed by atoms with Crippen molar-refractivity contribution < 1.29 is 169 Å². The molecule has 20 N–H and O–H groups in total. The summed E-state index contributed by atoms with van der Waals surface area (Å²) in [5.41, 5.74) is 1.99. The zero-order valence-corrected chi connectivity index (χ0v) is 64.1. The molecule has 6 rings (SSSR count). The highest BCUT2D eigenvalue weighted by atomic mass is 16.8. The summed E-state index contributed by atoms with van der Waals surface area (Å²) in [5.74, 6) is -1.03. The molecular formula is C76H124O34. The van der Waals surface area contributed by atoms with Crippen molar-refractivity contribution in [2.45, 2.75) is 334 Å². The molecule has 6 heterocycles. The quantitative estimate of drug-likeness (QED) is 0.0174. The third kappa shape index (κ3) is 26.1. The Labute approximate surface area is 641 Å². The van der Waals surface area contributed by atoms with Gasteiger partial charge in [0.2, 0.25) is 0 Å². The lowest BCUT2D eigenvalue weighted by molar-refractivity contribution is -0.375. The average molecular weight is 1580 g/mol. The lowest BCUT2D eigenvalue weighted by atomic mass is 9.95. The number of ether oxygens (including phenoxy) is 13. The molecule has 6 saturated heterocycles. The molecule has 34 nitrogen and oxygen atoms in total. The van der Waals surface area contributed by atoms with Crippen molar-refractivity contribution in [3.63, 3.8) is 0 Å². The first kappa shape index (κ1) is 95.0. The van der Waals surface area contributed by atoms with Crippen molar-refractivity contribution in [1.29, 1.82) is 0 Å². The van der Waals surface area contributed by atoms with Crippen molar-refractivity contribution >= 4 is 5.97 Å². The van der Waals surface area contributed by atoms with E-state index in [4.69, 9.17) is 61.6 Å². The number of allylic oxidation sites excluding steroid dienone is 7. The maximum atomic E-state index is 13.6. The zero-order chi connectivity index (χ0) is 81.8. The lowest BCUT2D eigenvalue weighted by Gasteiger charge is -2.47. The van der Waals surface area contributed by atoms with Gasteiger partial charge in [0.05, 0.1) is 69.2 Å². The van der Waals surface area contributed by atoms with Gasteiger partial charge in [0.25, 0.3) is 0 Å². The third-order valence-electron chi connectivity index (χ3n) is 20.8. The van der Waals surface area contributed by atoms with E-state index in [2.05, 4.69) is 19.2 Å². The zero-order valence-electron chi connectivity index (χ0n) is 64.1. The predicted molar refractivity (Wildman–Crippen MR) is 386 cm³/mol. The molecule has 6 aliphatic rings. The van der Waals surface area contributed by atoms with Crippen LogP contribution >= 0.6 is 0 Å². The van der Waals surface area contributed by atoms with Gasteiger partial charge in [-0.2, -0.15) is 0 Å². The van der Waals surface area contributed by atoms with Gasteiger partial charge >= 0.3 is 5.97 Å². The van der Waals surface area contributed by atoms with Gasteiger partial charge in [0, 0.05) is 5.57 Å². The van der Waals surface area contributed by atoms with E-state index >= 15 is 0 Å². The number of hydrogen-bond donors (Lipinski definition) is 20. The van der Waals surface area contributed by atoms with E-state index in [-0.39, 0.29) is 25.2 Å². The van der Waals surface area contributed by atoms with Crippen LogP contribution in [0.5, 0.6) is 0 Å². The summed E-state index contributed by atoms with van der Waals surface area (Å²) in [6, 6.07) is 0. The van der Waals surface area contributed by atoms with Crippen molar-refractivity contribution in [1.82, 2.24) is 0 Å². The number of esters is 1. The van der Waals surface area contributed by atoms with E-state index in [1.54, 1.807) is 27.7 Å². The Balaban J connectivity index is 1.00. The summed E-state index contributed by atoms with van der Waals surface area (Å²) in [6.45, 7) is 19.8. The minimum atomic E-state index is -1.96. The topological polar surface area (TPSA) is 542 Å². The van der Waals surface area contributed by atoms with Crippen LogP contribution in [-0.4, -0.2) is 349 Å². The first-order chi connectivity index (χ1) is 51.9. The van der Waals surface area contributed by atoms with E-state index < -0.39 is 234 Å². The molecule has 6 fully saturated rings. The maximum Gasteiger partial charge on any atom is 0.333 e. The Morgan fingerprint density at radius 2 is 0.845 bits per heavy atom. The van der Waals surface area contributed by atoms with Crippen molar-refractivity contribution in [3.05, 3.63) is 95.2 Å². The van der Waals surface area contributed by atoms with Gasteiger partial charge in [-0.25, -0.2) is 4.79 Å². The van der Waals surface area contributed by atoms with Crippen LogP contribution in [0, 0.1) is 0 Å². The Morgan fingerprint density at radius 1 is 0.427 bits per heavy atom. The number of aliphatic hydroxyl groups is 20. The molecule has 0 aromatic heterocycles. The van der Waals surface area contributed by atoms with Gasteiger partial charge in [-0.1, -0.05) is 64.8 Å². The fourth-order valence-electron chi connectivity index (χ4n) is 13.4. The Kier molecular flexibility index (Phi) is 38.4. The highest BCUT2D eigenvalue weighted by Crippen LogP contribution is 2.37. The lowest BCUT2D eigenvalue weighted by Crippen LogP contribution is -2.65. The Hall–Kier alpha value is -3.89. The summed E-state index contributed by atoms with van der Waals surface area (Å²) in [7, 11) is 0. The van der Waals surface area contributed by atoms with Crippen LogP contribution in [0.3, 0.4) is 0 Å². The minimum Gasteiger partial charge on any atom is -0.453 e. The molecule has 0 spiro atoms. The molecule has 0 unspecified atom stereocenters. The number of carbonyl (C=O) groups is 1. The van der Waals surface area contributed by atoms with Crippen molar-refractivity contribution in [2.75, 3.05) is 39.6 Å². The first-order valence-electron chi connectivity index (χ1n) is 37.5. The maximum absolute atomic E-state index is 13.6. The average Bonchev–Trinajstić information content (AvgIpc) is 0.784. The molecule has 632 valence electrons. The second kappa shape index (κ2) is 44.4. The first-order valence-corrected chi connectivity index (χ1v) is 37.5. The molecule has 0 amide bonds. The second-order valence-corrected chi connectivity index (χ2v) is 30.0. The summed E-state index contributed by atoms with van der Waals surface area (Å²) in [4.78, 5) is 13.6. The largest absolute Gasteiger partial charge is 0.453 e. The number of aliphatic hydroxyl groups excluding tert-OH is 20. The van der Waals surface area contributed by atoms with Gasteiger partial charge in [-0.3, -0.25) is 0 Å². The Bertz CT molecular complexity index is 3020. The molecule has 0 aliphatic carbocycles. The third-order valence-corrected chi connectivity index (χ3v) is 20.8. The van der Waals surface area contributed by atoms with Crippen LogP contribution in [-0.2, 0) is 66.4 Å². The van der Waals surface area contributed by atoms with E-state index in [0.717, 1.165) is 22.3 Å². The molecule has 0 aromatic carbocycles. The van der Waals surface area contributed by atoms with Crippen LogP contribution in [0.25, 0.3) is 0 Å². The van der Waals surface area contributed by atoms with Crippen LogP contribution in [0.15, 0.2) is 95.2 Å². The number of hydrogen-bond acceptors (Lipinski definition) is 34. The van der Waals surface area contributed by atoms with Gasteiger partial charge in [-0.15, -0.1) is 13.2 Å². The molecule has 6 aliphatic heterocycles. The van der Waals surface area contributed by atoms with Crippen LogP contribution < -0.4 is 0 Å². The van der Waals surface area contributed by atoms with Gasteiger partial charge in [-0.05, 0) is 145 Å². The predicted octanol–water partition coefficient (Wildman–Crippen LogP) is -2.29. The van der Waals surface area contributed by atoms with Crippen LogP contribution in [0.4, 0.5) is 0 Å². The van der Waals surface area contributed by atoms with Crippen LogP contribution in [0.1, 0.15) is 133 Å². The minimum absolute atomic E-state index is 0.0774. The van der Waals surface area contributed by atoms with Crippen molar-refractivity contribution in [3.8, 4) is 0 Å². The second-order valence-electron chi connectivity index (χ2n) is 30.0. The summed E-state index contributed by atoms with van der Waals surface area (Å²) in [6.07, 6.45) is -29.6. The number of rotatable bonds is 40. The summed E-state index contributed by atoms with van der Waals surface area (Å²) in [5, 5.41) is 212. The molecule has 110 heavy (non-hydrogen) atoms. The van der Waals surface area contributed by atoms with E-state index in [1.165, 1.54) is 39.0 Å². The smallest absolute Gasteiger partial charge is 0.333 e. The fraction of sp³-hybridized carbons (Fsp3) is 0.776. The van der Waals surface area contributed by atoms with Gasteiger partial charge < -0.3 is 164 Å². The van der Waals surface area contributed by atoms with Crippen molar-refractivity contribution in [2.24, 2.45) is 0 Å². The molecule has 33 atom stereocenters. The molecule has 34 heteroatoms. The highest BCUT2D eigenvalue weighted by molar-refractivity contribution is 5.88. The summed E-state index contributed by atoms with van der Waals surface area (Å²) < 4.78 is 76.2. The number of carbonyl (C=O) groups excluding carboxylic acids is 1. The normalized spacial score (nSPS) is 39.6. The standard InChI is InChI=1S/C76H124O34/c1-12-75(10,109-73-62(94)57(89)53(85)47(33-79)103-73)28-18-26-44(31-77)25-16-22-39(5)29-45(81)30-41(7)68(97)106-66-51(83)43(9)101-72(64(66)96)107-65-49(36-99-69-60(92)55(87)50(82)42(8)100-69)105-70(63(95)59(65)91)98-35-40(6)23-15-21-37(3)19-14-20-38(4)24-17-27-76(11,13-2)110-74-67(58(90)54(86)48(34-80)104-74)108-71-61(93)56(88)52(84)46(32-78)102-71/h12-13,19,22-24,26,30,42-43,45-67,69-74,77-96H,1-2,14-18,20-21,25,27-29,31-36H2,3-11H3/b37-19+,38-24+,39-22+,40-23-,41-30+,44-26-/t42-,43-,45+,46+,47+,48+,49+,50-,51-,52+,53+,54+,55+,56-,57-,58-,59+,60+,61+,62+,63+,64+,65+,66+,67+,69+,70+,71-,72-,73-,74-,75+,76+/m0/s1. The van der Waals surface area contributed by atoms with Crippen LogP contribution in [0.2, 0.25) is 0 Å². The molecule has 0 aromatic rings. The molecule has 0 bridgehead atoms. The van der Waals surface area contributed by atoms with Gasteiger partial charge in [0.15, 0.2) is 43.8 Å².